The molecule has 2 fully saturated rings. The van der Waals surface area contributed by atoms with E-state index < -0.39 is 5.91 Å². The molecule has 0 aliphatic carbocycles. The Bertz CT molecular complexity index is 379. The number of morpholine rings is 1. The Labute approximate surface area is 119 Å². The normalized spacial score (nSPS) is 23.6. The molecule has 112 valence electrons. The number of rotatable bonds is 5. The highest BCUT2D eigenvalue weighted by atomic mass is 16.5. The number of fused-ring (bicyclic) bond motifs is 1. The molecule has 6 heteroatoms. The SMILES string of the molecule is C1OC2CNC12.CCCCCNC(=O)C(C#N)=C(C)O. The van der Waals surface area contributed by atoms with E-state index in [1.165, 1.54) is 6.92 Å². The summed E-state index contributed by atoms with van der Waals surface area (Å²) in [7, 11) is 0. The summed E-state index contributed by atoms with van der Waals surface area (Å²) in [4.78, 5) is 11.2. The van der Waals surface area contributed by atoms with E-state index in [1.807, 2.05) is 0 Å². The molecule has 0 aromatic rings. The molecule has 0 aromatic heterocycles. The lowest BCUT2D eigenvalue weighted by Gasteiger charge is -2.46. The Balaban J connectivity index is 0.000000267. The number of aliphatic hydroxyl groups is 1. The molecule has 2 rings (SSSR count). The summed E-state index contributed by atoms with van der Waals surface area (Å²) in [5, 5.41) is 23.3. The highest BCUT2D eigenvalue weighted by Crippen LogP contribution is 2.18. The fourth-order valence-corrected chi connectivity index (χ4v) is 1.79. The topological polar surface area (TPSA) is 94.4 Å². The van der Waals surface area contributed by atoms with E-state index in [4.69, 9.17) is 15.1 Å². The van der Waals surface area contributed by atoms with Crippen LogP contribution in [-0.2, 0) is 9.53 Å². The van der Waals surface area contributed by atoms with Gasteiger partial charge in [0.25, 0.3) is 5.91 Å². The standard InChI is InChI=1S/C10H16N2O2.C4H7NO/c1-3-4-5-6-12-10(14)9(7-11)8(2)13;1-4-3(5-1)2-6-4/h13H,3-6H2,1-2H3,(H,12,14);3-5H,1-2H2. The van der Waals surface area contributed by atoms with Crippen molar-refractivity contribution in [1.82, 2.24) is 10.6 Å². The zero-order chi connectivity index (χ0) is 15.0. The highest BCUT2D eigenvalue weighted by Gasteiger charge is 2.39. The molecule has 3 N–H and O–H groups in total. The van der Waals surface area contributed by atoms with Crippen molar-refractivity contribution in [3.05, 3.63) is 11.3 Å². The van der Waals surface area contributed by atoms with Gasteiger partial charge >= 0.3 is 0 Å². The quantitative estimate of drug-likeness (QED) is 0.302. The summed E-state index contributed by atoms with van der Waals surface area (Å²) in [6, 6.07) is 2.40. The third-order valence-electron chi connectivity index (χ3n) is 3.29. The highest BCUT2D eigenvalue weighted by molar-refractivity contribution is 5.97. The first-order chi connectivity index (χ1) is 9.60. The molecule has 2 saturated heterocycles. The number of nitriles is 1. The van der Waals surface area contributed by atoms with Crippen LogP contribution in [0.2, 0.25) is 0 Å². The number of hydrogen-bond acceptors (Lipinski definition) is 5. The average molecular weight is 281 g/mol. The van der Waals surface area contributed by atoms with Crippen LogP contribution in [0, 0.1) is 11.3 Å². The van der Waals surface area contributed by atoms with Gasteiger partial charge < -0.3 is 20.5 Å². The first-order valence-corrected chi connectivity index (χ1v) is 7.03. The molecule has 2 aliphatic rings. The summed E-state index contributed by atoms with van der Waals surface area (Å²) in [6.07, 6.45) is 3.62. The van der Waals surface area contributed by atoms with E-state index in [0.29, 0.717) is 12.6 Å². The third kappa shape index (κ3) is 4.83. The molecule has 20 heavy (non-hydrogen) atoms. The van der Waals surface area contributed by atoms with E-state index in [-0.39, 0.29) is 11.3 Å². The maximum atomic E-state index is 11.2. The monoisotopic (exact) mass is 281 g/mol. The van der Waals surface area contributed by atoms with Crippen molar-refractivity contribution in [3.63, 3.8) is 0 Å². The molecule has 0 radical (unpaired) electrons. The van der Waals surface area contributed by atoms with Crippen LogP contribution < -0.4 is 10.6 Å². The van der Waals surface area contributed by atoms with E-state index in [9.17, 15) is 4.79 Å². The molecule has 0 aromatic carbocycles. The molecule has 2 atom stereocenters. The minimum absolute atomic E-state index is 0.207. The molecule has 2 heterocycles. The summed E-state index contributed by atoms with van der Waals surface area (Å²) < 4.78 is 5.07. The molecule has 0 bridgehead atoms. The number of amides is 1. The third-order valence-corrected chi connectivity index (χ3v) is 3.29. The summed E-state index contributed by atoms with van der Waals surface area (Å²) in [5.41, 5.74) is -0.207. The van der Waals surface area contributed by atoms with Crippen molar-refractivity contribution in [3.8, 4) is 6.07 Å². The van der Waals surface area contributed by atoms with Crippen molar-refractivity contribution < 1.29 is 14.6 Å². The number of allylic oxidation sites excluding steroid dienone is 1. The maximum absolute atomic E-state index is 11.2. The molecule has 1 amide bonds. The number of nitrogens with one attached hydrogen (secondary N) is 2. The number of ether oxygens (including phenoxy) is 1. The Kier molecular flexibility index (Phi) is 7.05. The molecular weight excluding hydrogens is 258 g/mol. The van der Waals surface area contributed by atoms with Crippen LogP contribution in [0.4, 0.5) is 0 Å². The second kappa shape index (κ2) is 8.56. The van der Waals surface area contributed by atoms with Gasteiger partial charge in [0.05, 0.1) is 18.8 Å². The van der Waals surface area contributed by atoms with Gasteiger partial charge in [0.1, 0.15) is 11.8 Å². The van der Waals surface area contributed by atoms with Crippen LogP contribution in [0.1, 0.15) is 33.1 Å². The van der Waals surface area contributed by atoms with E-state index in [2.05, 4.69) is 17.6 Å². The molecule has 0 spiro atoms. The van der Waals surface area contributed by atoms with Crippen LogP contribution in [0.5, 0.6) is 0 Å². The van der Waals surface area contributed by atoms with Gasteiger partial charge in [-0.3, -0.25) is 4.79 Å². The number of hydrogen-bond donors (Lipinski definition) is 3. The Hall–Kier alpha value is -1.58. The van der Waals surface area contributed by atoms with Gasteiger partial charge in [-0.25, -0.2) is 0 Å². The number of unbranched alkanes of at least 4 members (excludes halogenated alkanes) is 2. The Morgan fingerprint density at radius 1 is 1.55 bits per heavy atom. The van der Waals surface area contributed by atoms with Crippen molar-refractivity contribution in [2.45, 2.75) is 45.3 Å². The van der Waals surface area contributed by atoms with Crippen molar-refractivity contribution >= 4 is 5.91 Å². The summed E-state index contributed by atoms with van der Waals surface area (Å²) in [6.45, 7) is 5.98. The Morgan fingerprint density at radius 2 is 2.25 bits per heavy atom. The van der Waals surface area contributed by atoms with Gasteiger partial charge in [0.15, 0.2) is 5.57 Å². The van der Waals surface area contributed by atoms with Gasteiger partial charge in [0, 0.05) is 13.1 Å². The van der Waals surface area contributed by atoms with E-state index in [0.717, 1.165) is 38.5 Å². The van der Waals surface area contributed by atoms with E-state index >= 15 is 0 Å². The van der Waals surface area contributed by atoms with Crippen molar-refractivity contribution in [2.24, 2.45) is 0 Å². The molecule has 2 unspecified atom stereocenters. The summed E-state index contributed by atoms with van der Waals surface area (Å²) >= 11 is 0. The lowest BCUT2D eigenvalue weighted by molar-refractivity contribution is -0.135. The van der Waals surface area contributed by atoms with Gasteiger partial charge in [-0.05, 0) is 13.3 Å². The maximum Gasteiger partial charge on any atom is 0.265 e. The molecule has 6 nitrogen and oxygen atoms in total. The molecular formula is C14H23N3O3. The van der Waals surface area contributed by atoms with Gasteiger partial charge in [-0.2, -0.15) is 5.26 Å². The second-order valence-electron chi connectivity index (χ2n) is 4.92. The predicted molar refractivity (Wildman–Crippen MR) is 75.0 cm³/mol. The average Bonchev–Trinajstić information content (AvgIpc) is 2.40. The molecule has 0 saturated carbocycles. The van der Waals surface area contributed by atoms with Crippen LogP contribution in [0.25, 0.3) is 0 Å². The molecule has 2 aliphatic heterocycles. The zero-order valence-electron chi connectivity index (χ0n) is 12.1. The lowest BCUT2D eigenvalue weighted by Crippen LogP contribution is -2.68. The lowest BCUT2D eigenvalue weighted by atomic mass is 9.99. The van der Waals surface area contributed by atoms with Crippen molar-refractivity contribution in [1.29, 1.82) is 5.26 Å². The van der Waals surface area contributed by atoms with Crippen LogP contribution >= 0.6 is 0 Å². The van der Waals surface area contributed by atoms with E-state index in [1.54, 1.807) is 6.07 Å². The zero-order valence-corrected chi connectivity index (χ0v) is 12.1. The van der Waals surface area contributed by atoms with Crippen LogP contribution in [-0.4, -0.2) is 42.9 Å². The number of aliphatic hydroxyl groups excluding tert-OH is 1. The van der Waals surface area contributed by atoms with Crippen molar-refractivity contribution in [2.75, 3.05) is 19.7 Å². The summed E-state index contributed by atoms with van der Waals surface area (Å²) in [5.74, 6) is -0.732. The minimum atomic E-state index is -0.497. The van der Waals surface area contributed by atoms with Gasteiger partial charge in [-0.15, -0.1) is 0 Å². The first-order valence-electron chi connectivity index (χ1n) is 7.03. The number of carbonyl (C=O) groups excluding carboxylic acids is 1. The Morgan fingerprint density at radius 3 is 2.55 bits per heavy atom. The largest absolute Gasteiger partial charge is 0.511 e. The van der Waals surface area contributed by atoms with Crippen LogP contribution in [0.15, 0.2) is 11.3 Å². The smallest absolute Gasteiger partial charge is 0.265 e. The van der Waals surface area contributed by atoms with Gasteiger partial charge in [0.2, 0.25) is 0 Å². The fourth-order valence-electron chi connectivity index (χ4n) is 1.79. The second-order valence-corrected chi connectivity index (χ2v) is 4.92. The van der Waals surface area contributed by atoms with Crippen LogP contribution in [0.3, 0.4) is 0 Å². The fraction of sp³-hybridized carbons (Fsp3) is 0.714. The predicted octanol–water partition coefficient (Wildman–Crippen LogP) is 1.01. The number of carbonyl (C=O) groups is 1. The van der Waals surface area contributed by atoms with Gasteiger partial charge in [-0.1, -0.05) is 19.8 Å². The first kappa shape index (κ1) is 16.5. The minimum Gasteiger partial charge on any atom is -0.511 e. The number of nitrogens with zero attached hydrogens (tertiary/aromatic N) is 1.